The second kappa shape index (κ2) is 7.01. The number of hydrogen-bond donors (Lipinski definition) is 0. The van der Waals surface area contributed by atoms with Crippen LogP contribution in [0.15, 0.2) is 67.3 Å². The molecule has 25 heavy (non-hydrogen) atoms. The molecular formula is C24H27N. The summed E-state index contributed by atoms with van der Waals surface area (Å²) in [6, 6.07) is 21.2. The average molecular weight is 329 g/mol. The number of benzene rings is 2. The van der Waals surface area contributed by atoms with Gasteiger partial charge in [0.1, 0.15) is 0 Å². The monoisotopic (exact) mass is 329 g/mol. The van der Waals surface area contributed by atoms with Gasteiger partial charge in [-0.15, -0.1) is 0 Å². The summed E-state index contributed by atoms with van der Waals surface area (Å²) in [7, 11) is 0. The summed E-state index contributed by atoms with van der Waals surface area (Å²) < 4.78 is 0. The molecule has 2 heterocycles. The average Bonchev–Trinajstić information content (AvgIpc) is 2.62. The van der Waals surface area contributed by atoms with Crippen molar-refractivity contribution in [3.05, 3.63) is 83.9 Å². The zero-order valence-electron chi connectivity index (χ0n) is 15.1. The van der Waals surface area contributed by atoms with Crippen LogP contribution >= 0.6 is 0 Å². The summed E-state index contributed by atoms with van der Waals surface area (Å²) >= 11 is 0. The van der Waals surface area contributed by atoms with Crippen LogP contribution in [0, 0.1) is 0 Å². The molecule has 0 radical (unpaired) electrons. The van der Waals surface area contributed by atoms with Crippen LogP contribution in [0.4, 0.5) is 0 Å². The van der Waals surface area contributed by atoms with Crippen molar-refractivity contribution in [3.8, 4) is 0 Å². The zero-order valence-corrected chi connectivity index (χ0v) is 15.1. The fourth-order valence-corrected chi connectivity index (χ4v) is 4.34. The van der Waals surface area contributed by atoms with E-state index in [1.54, 1.807) is 0 Å². The fourth-order valence-electron chi connectivity index (χ4n) is 4.34. The Hall–Kier alpha value is -2.12. The summed E-state index contributed by atoms with van der Waals surface area (Å²) in [5.41, 5.74) is 6.73. The van der Waals surface area contributed by atoms with Crippen LogP contribution in [0.2, 0.25) is 0 Å². The molecule has 2 bridgehead atoms. The first-order valence-corrected chi connectivity index (χ1v) is 9.47. The molecular weight excluding hydrogens is 302 g/mol. The maximum atomic E-state index is 4.04. The van der Waals surface area contributed by atoms with E-state index in [4.69, 9.17) is 0 Å². The number of rotatable bonds is 4. The third-order valence-corrected chi connectivity index (χ3v) is 5.74. The third kappa shape index (κ3) is 3.48. The number of nitrogens with zero attached hydrogens (tertiary/aromatic N) is 1. The molecule has 0 N–H and O–H groups in total. The third-order valence-electron chi connectivity index (χ3n) is 5.74. The molecule has 2 aliphatic heterocycles. The highest BCUT2D eigenvalue weighted by atomic mass is 15.2. The van der Waals surface area contributed by atoms with E-state index >= 15 is 0 Å². The molecule has 0 amide bonds. The molecule has 0 aliphatic carbocycles. The summed E-state index contributed by atoms with van der Waals surface area (Å²) in [4.78, 5) is 2.73. The van der Waals surface area contributed by atoms with Crippen molar-refractivity contribution < 1.29 is 0 Å². The molecule has 2 atom stereocenters. The quantitative estimate of drug-likeness (QED) is 0.672. The Labute approximate surface area is 151 Å². The second-order valence-electron chi connectivity index (χ2n) is 7.56. The van der Waals surface area contributed by atoms with E-state index in [2.05, 4.69) is 79.1 Å². The van der Waals surface area contributed by atoms with E-state index in [1.807, 2.05) is 0 Å². The van der Waals surface area contributed by atoms with Crippen LogP contribution in [-0.4, -0.2) is 17.0 Å². The van der Waals surface area contributed by atoms with E-state index in [9.17, 15) is 0 Å². The SMILES string of the molecule is C=C(C)c1ccc(C2=CC3CCCC(C2)N3Cc2ccccc2)cc1. The molecule has 1 nitrogen and oxygen atoms in total. The summed E-state index contributed by atoms with van der Waals surface area (Å²) in [6.07, 6.45) is 7.68. The van der Waals surface area contributed by atoms with E-state index in [0.29, 0.717) is 12.1 Å². The molecule has 0 aromatic heterocycles. The van der Waals surface area contributed by atoms with Gasteiger partial charge in [-0.1, -0.05) is 79.2 Å². The molecule has 0 spiro atoms. The van der Waals surface area contributed by atoms with Gasteiger partial charge in [-0.2, -0.15) is 0 Å². The van der Waals surface area contributed by atoms with Crippen molar-refractivity contribution in [2.45, 2.75) is 51.2 Å². The maximum absolute atomic E-state index is 4.04. The molecule has 2 aromatic carbocycles. The van der Waals surface area contributed by atoms with Crippen LogP contribution in [0.25, 0.3) is 11.1 Å². The predicted octanol–water partition coefficient (Wildman–Crippen LogP) is 5.93. The van der Waals surface area contributed by atoms with Gasteiger partial charge in [0.25, 0.3) is 0 Å². The van der Waals surface area contributed by atoms with Gasteiger partial charge in [-0.3, -0.25) is 4.90 Å². The highest BCUT2D eigenvalue weighted by molar-refractivity contribution is 5.70. The smallest absolute Gasteiger partial charge is 0.0290 e. The Morgan fingerprint density at radius 1 is 1.04 bits per heavy atom. The molecule has 2 unspecified atom stereocenters. The van der Waals surface area contributed by atoms with Gasteiger partial charge in [-0.25, -0.2) is 0 Å². The lowest BCUT2D eigenvalue weighted by Crippen LogP contribution is -2.47. The minimum absolute atomic E-state index is 0.587. The van der Waals surface area contributed by atoms with Crippen LogP contribution in [0.5, 0.6) is 0 Å². The van der Waals surface area contributed by atoms with E-state index in [-0.39, 0.29) is 0 Å². The number of hydrogen-bond acceptors (Lipinski definition) is 1. The molecule has 4 rings (SSSR count). The first-order valence-electron chi connectivity index (χ1n) is 9.47. The number of allylic oxidation sites excluding steroid dienone is 1. The standard InChI is InChI=1S/C24H27N/c1-18(2)20-11-13-21(14-12-20)22-15-23-9-6-10-24(16-22)25(23)17-19-7-4-3-5-8-19/h3-5,7-8,11-15,23-24H,1,6,9-10,16-17H2,2H3. The Balaban J connectivity index is 1.57. The summed E-state index contributed by atoms with van der Waals surface area (Å²) in [6.45, 7) is 7.19. The molecule has 1 saturated heterocycles. The van der Waals surface area contributed by atoms with E-state index in [0.717, 1.165) is 12.1 Å². The molecule has 1 heteroatoms. The van der Waals surface area contributed by atoms with Gasteiger partial charge in [0.05, 0.1) is 0 Å². The maximum Gasteiger partial charge on any atom is 0.0290 e. The van der Waals surface area contributed by atoms with Crippen molar-refractivity contribution >= 4 is 11.1 Å². The topological polar surface area (TPSA) is 3.24 Å². The lowest BCUT2D eigenvalue weighted by atomic mass is 9.82. The van der Waals surface area contributed by atoms with Crippen molar-refractivity contribution in [1.29, 1.82) is 0 Å². The van der Waals surface area contributed by atoms with E-state index in [1.165, 1.54) is 47.9 Å². The van der Waals surface area contributed by atoms with E-state index < -0.39 is 0 Å². The normalized spacial score (nSPS) is 23.2. The van der Waals surface area contributed by atoms with Crippen molar-refractivity contribution in [1.82, 2.24) is 4.90 Å². The lowest BCUT2D eigenvalue weighted by molar-refractivity contribution is 0.0951. The predicted molar refractivity (Wildman–Crippen MR) is 107 cm³/mol. The fraction of sp³-hybridized carbons (Fsp3) is 0.333. The Morgan fingerprint density at radius 3 is 2.48 bits per heavy atom. The Kier molecular flexibility index (Phi) is 4.59. The zero-order chi connectivity index (χ0) is 17.2. The molecule has 1 fully saturated rings. The molecule has 2 aliphatic rings. The van der Waals surface area contributed by atoms with Gasteiger partial charge in [0.2, 0.25) is 0 Å². The van der Waals surface area contributed by atoms with Crippen molar-refractivity contribution in [2.75, 3.05) is 0 Å². The van der Waals surface area contributed by atoms with Gasteiger partial charge in [0.15, 0.2) is 0 Å². The second-order valence-corrected chi connectivity index (χ2v) is 7.56. The minimum atomic E-state index is 0.587. The van der Waals surface area contributed by atoms with Gasteiger partial charge >= 0.3 is 0 Å². The Bertz CT molecular complexity index is 770. The summed E-state index contributed by atoms with van der Waals surface area (Å²) in [5.74, 6) is 0. The van der Waals surface area contributed by atoms with Crippen molar-refractivity contribution in [3.63, 3.8) is 0 Å². The molecule has 2 aromatic rings. The highest BCUT2D eigenvalue weighted by Crippen LogP contribution is 2.38. The Morgan fingerprint density at radius 2 is 1.80 bits per heavy atom. The van der Waals surface area contributed by atoms with Crippen LogP contribution in [0.3, 0.4) is 0 Å². The largest absolute Gasteiger partial charge is 0.289 e. The minimum Gasteiger partial charge on any atom is -0.289 e. The van der Waals surface area contributed by atoms with Gasteiger partial charge in [-0.05, 0) is 48.4 Å². The van der Waals surface area contributed by atoms with Crippen LogP contribution < -0.4 is 0 Å². The first-order chi connectivity index (χ1) is 12.2. The van der Waals surface area contributed by atoms with Crippen LogP contribution in [-0.2, 0) is 6.54 Å². The van der Waals surface area contributed by atoms with Gasteiger partial charge in [0, 0.05) is 18.6 Å². The van der Waals surface area contributed by atoms with Gasteiger partial charge < -0.3 is 0 Å². The van der Waals surface area contributed by atoms with Crippen molar-refractivity contribution in [2.24, 2.45) is 0 Å². The number of fused-ring (bicyclic) bond motifs is 2. The molecule has 128 valence electrons. The number of piperidine rings is 1. The van der Waals surface area contributed by atoms with Crippen LogP contribution in [0.1, 0.15) is 49.3 Å². The highest BCUT2D eigenvalue weighted by Gasteiger charge is 2.33. The lowest BCUT2D eigenvalue weighted by Gasteiger charge is -2.45. The summed E-state index contributed by atoms with van der Waals surface area (Å²) in [5, 5.41) is 0. The first kappa shape index (κ1) is 16.4. The molecule has 0 saturated carbocycles.